The number of amides is 1. The van der Waals surface area contributed by atoms with Gasteiger partial charge in [-0.1, -0.05) is 48.0 Å². The smallest absolute Gasteiger partial charge is 0.274 e. The van der Waals surface area contributed by atoms with Gasteiger partial charge in [0.25, 0.3) is 5.91 Å². The summed E-state index contributed by atoms with van der Waals surface area (Å²) >= 11 is 7.70. The molecule has 0 bridgehead atoms. The first-order valence-electron chi connectivity index (χ1n) is 10.1. The van der Waals surface area contributed by atoms with Gasteiger partial charge in [-0.05, 0) is 49.6 Å². The van der Waals surface area contributed by atoms with Crippen LogP contribution in [0.1, 0.15) is 39.3 Å². The Morgan fingerprint density at radius 2 is 2.03 bits per heavy atom. The minimum atomic E-state index is -0.194. The number of nitrogens with one attached hydrogen (secondary N) is 1. The zero-order chi connectivity index (χ0) is 21.7. The molecule has 0 saturated carbocycles. The molecule has 7 heteroatoms. The summed E-state index contributed by atoms with van der Waals surface area (Å²) in [7, 11) is 0. The van der Waals surface area contributed by atoms with Crippen molar-refractivity contribution in [2.45, 2.75) is 26.3 Å². The van der Waals surface area contributed by atoms with Gasteiger partial charge in [-0.2, -0.15) is 0 Å². The van der Waals surface area contributed by atoms with E-state index in [2.05, 4.69) is 16.5 Å². The van der Waals surface area contributed by atoms with Crippen molar-refractivity contribution in [2.75, 3.05) is 6.54 Å². The Labute approximate surface area is 189 Å². The molecule has 5 nitrogen and oxygen atoms in total. The molecule has 1 aliphatic heterocycles. The minimum absolute atomic E-state index is 0.111. The SMILES string of the molecule is C=C1CC(c2nc3c(C)cccc3[nH]2)N(C(=O)c2nc(C)sc2-c2cccc(Cl)c2)C1. The molecule has 1 atom stereocenters. The summed E-state index contributed by atoms with van der Waals surface area (Å²) in [5, 5.41) is 1.47. The maximum atomic E-state index is 13.7. The fourth-order valence-electron chi connectivity index (χ4n) is 4.14. The number of fused-ring (bicyclic) bond motifs is 1. The molecule has 3 heterocycles. The molecule has 31 heavy (non-hydrogen) atoms. The second-order valence-corrected chi connectivity index (χ2v) is 9.56. The predicted molar refractivity (Wildman–Crippen MR) is 126 cm³/mol. The van der Waals surface area contributed by atoms with Crippen LogP contribution in [0.2, 0.25) is 5.02 Å². The van der Waals surface area contributed by atoms with Crippen LogP contribution in [0, 0.1) is 13.8 Å². The van der Waals surface area contributed by atoms with Crippen LogP contribution in [0.15, 0.2) is 54.6 Å². The van der Waals surface area contributed by atoms with E-state index < -0.39 is 0 Å². The normalized spacial score (nSPS) is 16.4. The molecule has 2 aromatic carbocycles. The first-order valence-corrected chi connectivity index (χ1v) is 11.3. The maximum absolute atomic E-state index is 13.7. The van der Waals surface area contributed by atoms with Gasteiger partial charge >= 0.3 is 0 Å². The van der Waals surface area contributed by atoms with Gasteiger partial charge in [0, 0.05) is 11.6 Å². The van der Waals surface area contributed by atoms with Gasteiger partial charge in [-0.15, -0.1) is 11.3 Å². The molecule has 1 N–H and O–H groups in total. The van der Waals surface area contributed by atoms with Crippen molar-refractivity contribution in [3.63, 3.8) is 0 Å². The Morgan fingerprint density at radius 3 is 2.81 bits per heavy atom. The Hall–Kier alpha value is -2.96. The molecule has 0 radical (unpaired) electrons. The zero-order valence-electron chi connectivity index (χ0n) is 17.3. The summed E-state index contributed by atoms with van der Waals surface area (Å²) in [5.74, 6) is 0.674. The number of aryl methyl sites for hydroxylation is 2. The van der Waals surface area contributed by atoms with Crippen LogP contribution >= 0.6 is 22.9 Å². The van der Waals surface area contributed by atoms with Crippen LogP contribution < -0.4 is 0 Å². The monoisotopic (exact) mass is 448 g/mol. The van der Waals surface area contributed by atoms with Gasteiger partial charge in [0.05, 0.1) is 27.0 Å². The van der Waals surface area contributed by atoms with E-state index in [4.69, 9.17) is 16.6 Å². The van der Waals surface area contributed by atoms with Crippen LogP contribution in [-0.2, 0) is 0 Å². The summed E-state index contributed by atoms with van der Waals surface area (Å²) in [6.45, 7) is 8.60. The largest absolute Gasteiger partial charge is 0.340 e. The number of carbonyl (C=O) groups excluding carboxylic acids is 1. The molecule has 0 spiro atoms. The number of H-pyrrole nitrogens is 1. The molecule has 156 valence electrons. The van der Waals surface area contributed by atoms with E-state index >= 15 is 0 Å². The number of rotatable bonds is 3. The lowest BCUT2D eigenvalue weighted by Gasteiger charge is -2.22. The topological polar surface area (TPSA) is 61.9 Å². The van der Waals surface area contributed by atoms with E-state index in [1.807, 2.05) is 61.2 Å². The third-order valence-electron chi connectivity index (χ3n) is 5.58. The van der Waals surface area contributed by atoms with Crippen molar-refractivity contribution in [2.24, 2.45) is 0 Å². The second-order valence-electron chi connectivity index (χ2n) is 7.92. The van der Waals surface area contributed by atoms with Gasteiger partial charge in [0.1, 0.15) is 11.5 Å². The number of para-hydroxylation sites is 1. The average Bonchev–Trinajstić information content (AvgIpc) is 3.44. The Kier molecular flexibility index (Phi) is 4.91. The number of aromatic nitrogens is 3. The van der Waals surface area contributed by atoms with Gasteiger partial charge < -0.3 is 9.88 Å². The van der Waals surface area contributed by atoms with Crippen molar-refractivity contribution in [1.29, 1.82) is 0 Å². The molecular weight excluding hydrogens is 428 g/mol. The molecular formula is C24H21ClN4OS. The average molecular weight is 449 g/mol. The van der Waals surface area contributed by atoms with E-state index in [0.29, 0.717) is 23.7 Å². The molecule has 1 amide bonds. The predicted octanol–water partition coefficient (Wildman–Crippen LogP) is 6.10. The third-order valence-corrected chi connectivity index (χ3v) is 6.84. The fourth-order valence-corrected chi connectivity index (χ4v) is 5.24. The highest BCUT2D eigenvalue weighted by molar-refractivity contribution is 7.15. The van der Waals surface area contributed by atoms with Gasteiger partial charge in [-0.25, -0.2) is 9.97 Å². The number of hydrogen-bond acceptors (Lipinski definition) is 4. The second kappa shape index (κ2) is 7.62. The molecule has 5 rings (SSSR count). The first kappa shape index (κ1) is 20.0. The number of aromatic amines is 1. The van der Waals surface area contributed by atoms with Crippen LogP contribution in [0.25, 0.3) is 21.5 Å². The summed E-state index contributed by atoms with van der Waals surface area (Å²) in [6.07, 6.45) is 0.681. The van der Waals surface area contributed by atoms with Gasteiger partial charge in [-0.3, -0.25) is 4.79 Å². The molecule has 1 fully saturated rings. The van der Waals surface area contributed by atoms with Crippen molar-refractivity contribution in [1.82, 2.24) is 19.9 Å². The lowest BCUT2D eigenvalue weighted by atomic mass is 10.1. The number of benzene rings is 2. The number of halogens is 1. The molecule has 0 aliphatic carbocycles. The van der Waals surface area contributed by atoms with Crippen LogP contribution in [0.5, 0.6) is 0 Å². The lowest BCUT2D eigenvalue weighted by molar-refractivity contribution is 0.0728. The van der Waals surface area contributed by atoms with Crippen molar-refractivity contribution in [3.05, 3.63) is 81.7 Å². The third kappa shape index (κ3) is 3.56. The Morgan fingerprint density at radius 1 is 1.23 bits per heavy atom. The van der Waals surface area contributed by atoms with Crippen LogP contribution in [0.3, 0.4) is 0 Å². The Bertz CT molecular complexity index is 1340. The first-order chi connectivity index (χ1) is 14.9. The number of imidazole rings is 1. The summed E-state index contributed by atoms with van der Waals surface area (Å²) in [5.41, 5.74) is 5.38. The van der Waals surface area contributed by atoms with Crippen molar-refractivity contribution in [3.8, 4) is 10.4 Å². The summed E-state index contributed by atoms with van der Waals surface area (Å²) in [4.78, 5) is 29.2. The van der Waals surface area contributed by atoms with Crippen molar-refractivity contribution >= 4 is 39.9 Å². The van der Waals surface area contributed by atoms with E-state index in [1.165, 1.54) is 11.3 Å². The maximum Gasteiger partial charge on any atom is 0.274 e. The highest BCUT2D eigenvalue weighted by atomic mass is 35.5. The Balaban J connectivity index is 1.55. The number of hydrogen-bond donors (Lipinski definition) is 1. The van der Waals surface area contributed by atoms with E-state index in [1.54, 1.807) is 0 Å². The number of likely N-dealkylation sites (tertiary alicyclic amines) is 1. The van der Waals surface area contributed by atoms with Crippen molar-refractivity contribution < 1.29 is 4.79 Å². The number of nitrogens with zero attached hydrogens (tertiary/aromatic N) is 3. The zero-order valence-corrected chi connectivity index (χ0v) is 18.8. The van der Waals surface area contributed by atoms with E-state index in [9.17, 15) is 4.79 Å². The molecule has 4 aromatic rings. The summed E-state index contributed by atoms with van der Waals surface area (Å²) in [6, 6.07) is 13.4. The summed E-state index contributed by atoms with van der Waals surface area (Å²) < 4.78 is 0. The fraction of sp³-hybridized carbons (Fsp3) is 0.208. The number of carbonyl (C=O) groups is 1. The minimum Gasteiger partial charge on any atom is -0.340 e. The molecule has 1 aliphatic rings. The highest BCUT2D eigenvalue weighted by Crippen LogP contribution is 2.38. The number of thiazole rings is 1. The molecule has 2 aromatic heterocycles. The van der Waals surface area contributed by atoms with E-state index in [-0.39, 0.29) is 11.9 Å². The molecule has 1 saturated heterocycles. The standard InChI is InChI=1S/C24H21ClN4OS/c1-13-10-19(23-27-18-9-4-6-14(2)20(18)28-23)29(12-13)24(30)21-22(31-15(3)26-21)16-7-5-8-17(25)11-16/h4-9,11,19H,1,10,12H2,2-3H3,(H,27,28). The molecule has 1 unspecified atom stereocenters. The van der Waals surface area contributed by atoms with Crippen LogP contribution in [0.4, 0.5) is 0 Å². The van der Waals surface area contributed by atoms with Crippen LogP contribution in [-0.4, -0.2) is 32.3 Å². The quantitative estimate of drug-likeness (QED) is 0.385. The van der Waals surface area contributed by atoms with Gasteiger partial charge in [0.15, 0.2) is 0 Å². The van der Waals surface area contributed by atoms with Gasteiger partial charge in [0.2, 0.25) is 0 Å². The lowest BCUT2D eigenvalue weighted by Crippen LogP contribution is -2.31. The highest BCUT2D eigenvalue weighted by Gasteiger charge is 2.36. The van der Waals surface area contributed by atoms with E-state index in [0.717, 1.165) is 43.4 Å².